The van der Waals surface area contributed by atoms with E-state index in [0.29, 0.717) is 9.35 Å². The molecule has 1 aromatic heterocycles. The molecule has 0 atom stereocenters. The normalized spacial score (nSPS) is 10.6. The number of benzene rings is 1. The second-order valence-electron chi connectivity index (χ2n) is 3.46. The topological polar surface area (TPSA) is 17.1 Å². The molecule has 1 heterocycles. The standard InChI is InChI=1S/C12H7BrF2OS/c1-6-5-7(13)12(17-6)11(16)10-8(14)3-2-4-9(10)15/h2-5H,1H3. The van der Waals surface area contributed by atoms with E-state index < -0.39 is 23.0 Å². The summed E-state index contributed by atoms with van der Waals surface area (Å²) in [5.41, 5.74) is -0.505. The fraction of sp³-hybridized carbons (Fsp3) is 0.0833. The SMILES string of the molecule is Cc1cc(Br)c(C(=O)c2c(F)cccc2F)s1. The summed E-state index contributed by atoms with van der Waals surface area (Å²) in [5, 5.41) is 0. The molecule has 17 heavy (non-hydrogen) atoms. The molecule has 0 N–H and O–H groups in total. The fourth-order valence-corrected chi connectivity index (χ4v) is 3.23. The average Bonchev–Trinajstić information content (AvgIpc) is 2.57. The van der Waals surface area contributed by atoms with E-state index in [1.54, 1.807) is 6.07 Å². The van der Waals surface area contributed by atoms with Gasteiger partial charge in [-0.3, -0.25) is 4.79 Å². The summed E-state index contributed by atoms with van der Waals surface area (Å²) in [6, 6.07) is 5.13. The van der Waals surface area contributed by atoms with Crippen molar-refractivity contribution in [3.63, 3.8) is 0 Å². The number of ketones is 1. The third-order valence-corrected chi connectivity index (χ3v) is 4.14. The van der Waals surface area contributed by atoms with Crippen LogP contribution in [0.15, 0.2) is 28.7 Å². The van der Waals surface area contributed by atoms with Crippen molar-refractivity contribution in [3.05, 3.63) is 55.7 Å². The zero-order valence-corrected chi connectivity index (χ0v) is 11.2. The van der Waals surface area contributed by atoms with E-state index in [4.69, 9.17) is 0 Å². The molecule has 0 aliphatic heterocycles. The van der Waals surface area contributed by atoms with Crippen LogP contribution in [0.5, 0.6) is 0 Å². The van der Waals surface area contributed by atoms with Crippen molar-refractivity contribution in [2.75, 3.05) is 0 Å². The molecular weight excluding hydrogens is 310 g/mol. The van der Waals surface area contributed by atoms with Crippen molar-refractivity contribution in [1.82, 2.24) is 0 Å². The first kappa shape index (κ1) is 12.4. The van der Waals surface area contributed by atoms with Crippen LogP contribution < -0.4 is 0 Å². The Balaban J connectivity index is 2.55. The minimum atomic E-state index is -0.840. The van der Waals surface area contributed by atoms with Gasteiger partial charge in [0.05, 0.1) is 10.4 Å². The molecule has 0 aliphatic carbocycles. The van der Waals surface area contributed by atoms with E-state index in [1.165, 1.54) is 17.4 Å². The largest absolute Gasteiger partial charge is 0.287 e. The van der Waals surface area contributed by atoms with Gasteiger partial charge in [-0.2, -0.15) is 0 Å². The number of hydrogen-bond donors (Lipinski definition) is 0. The first-order valence-electron chi connectivity index (χ1n) is 4.75. The molecule has 1 nitrogen and oxygen atoms in total. The summed E-state index contributed by atoms with van der Waals surface area (Å²) >= 11 is 4.41. The summed E-state index contributed by atoms with van der Waals surface area (Å²) in [4.78, 5) is 13.2. The minimum Gasteiger partial charge on any atom is -0.287 e. The molecular formula is C12H7BrF2OS. The highest BCUT2D eigenvalue weighted by molar-refractivity contribution is 9.10. The van der Waals surface area contributed by atoms with Crippen molar-refractivity contribution in [2.45, 2.75) is 6.92 Å². The quantitative estimate of drug-likeness (QED) is 0.754. The minimum absolute atomic E-state index is 0.312. The van der Waals surface area contributed by atoms with Crippen LogP contribution >= 0.6 is 27.3 Å². The van der Waals surface area contributed by atoms with Gasteiger partial charge in [0, 0.05) is 9.35 Å². The first-order chi connectivity index (χ1) is 8.00. The first-order valence-corrected chi connectivity index (χ1v) is 6.36. The van der Waals surface area contributed by atoms with Gasteiger partial charge in [0.1, 0.15) is 11.6 Å². The Morgan fingerprint density at radius 1 is 1.29 bits per heavy atom. The summed E-state index contributed by atoms with van der Waals surface area (Å²) in [6.45, 7) is 1.82. The lowest BCUT2D eigenvalue weighted by Crippen LogP contribution is -2.06. The number of halogens is 3. The number of aryl methyl sites for hydroxylation is 1. The number of rotatable bonds is 2. The Morgan fingerprint density at radius 2 is 1.88 bits per heavy atom. The lowest BCUT2D eigenvalue weighted by Gasteiger charge is -2.02. The Kier molecular flexibility index (Phi) is 3.40. The van der Waals surface area contributed by atoms with Gasteiger partial charge >= 0.3 is 0 Å². The Hall–Kier alpha value is -1.07. The predicted octanol–water partition coefficient (Wildman–Crippen LogP) is 4.33. The van der Waals surface area contributed by atoms with Gasteiger partial charge in [0.25, 0.3) is 0 Å². The second kappa shape index (κ2) is 4.66. The van der Waals surface area contributed by atoms with Crippen LogP contribution in [0.4, 0.5) is 8.78 Å². The molecule has 88 valence electrons. The number of carbonyl (C=O) groups excluding carboxylic acids is 1. The smallest absolute Gasteiger partial charge is 0.210 e. The van der Waals surface area contributed by atoms with Crippen molar-refractivity contribution < 1.29 is 13.6 Å². The van der Waals surface area contributed by atoms with Crippen LogP contribution in [0.2, 0.25) is 0 Å². The van der Waals surface area contributed by atoms with Crippen molar-refractivity contribution in [1.29, 1.82) is 0 Å². The summed E-state index contributed by atoms with van der Waals surface area (Å²) in [5.74, 6) is -2.31. The van der Waals surface area contributed by atoms with Crippen LogP contribution in [0.25, 0.3) is 0 Å². The molecule has 0 saturated heterocycles. The fourth-order valence-electron chi connectivity index (χ4n) is 1.47. The van der Waals surface area contributed by atoms with Gasteiger partial charge in [-0.05, 0) is 41.1 Å². The Bertz CT molecular complexity index is 572. The number of carbonyl (C=O) groups is 1. The van der Waals surface area contributed by atoms with Gasteiger partial charge in [-0.15, -0.1) is 11.3 Å². The van der Waals surface area contributed by atoms with E-state index in [1.807, 2.05) is 6.92 Å². The van der Waals surface area contributed by atoms with Crippen LogP contribution in [0.3, 0.4) is 0 Å². The molecule has 0 unspecified atom stereocenters. The zero-order valence-electron chi connectivity index (χ0n) is 8.76. The molecule has 0 bridgehead atoms. The van der Waals surface area contributed by atoms with Crippen LogP contribution in [-0.4, -0.2) is 5.78 Å². The summed E-state index contributed by atoms with van der Waals surface area (Å²) in [7, 11) is 0. The lowest BCUT2D eigenvalue weighted by atomic mass is 10.1. The predicted molar refractivity (Wildman–Crippen MR) is 66.5 cm³/mol. The van der Waals surface area contributed by atoms with Gasteiger partial charge in [-0.25, -0.2) is 8.78 Å². The monoisotopic (exact) mass is 316 g/mol. The van der Waals surface area contributed by atoms with E-state index in [2.05, 4.69) is 15.9 Å². The highest BCUT2D eigenvalue weighted by Crippen LogP contribution is 2.30. The Morgan fingerprint density at radius 3 is 2.35 bits per heavy atom. The Labute approximate surface area is 109 Å². The lowest BCUT2D eigenvalue weighted by molar-refractivity contribution is 0.103. The molecule has 0 amide bonds. The van der Waals surface area contributed by atoms with Crippen LogP contribution in [-0.2, 0) is 0 Å². The van der Waals surface area contributed by atoms with E-state index in [9.17, 15) is 13.6 Å². The molecule has 0 radical (unpaired) electrons. The van der Waals surface area contributed by atoms with Crippen LogP contribution in [0, 0.1) is 18.6 Å². The molecule has 0 spiro atoms. The van der Waals surface area contributed by atoms with Crippen molar-refractivity contribution in [2.24, 2.45) is 0 Å². The maximum absolute atomic E-state index is 13.5. The second-order valence-corrected chi connectivity index (χ2v) is 5.57. The van der Waals surface area contributed by atoms with E-state index in [0.717, 1.165) is 17.0 Å². The highest BCUT2D eigenvalue weighted by Gasteiger charge is 2.22. The molecule has 2 aromatic rings. The molecule has 2 rings (SSSR count). The van der Waals surface area contributed by atoms with Crippen molar-refractivity contribution in [3.8, 4) is 0 Å². The van der Waals surface area contributed by atoms with Gasteiger partial charge in [0.15, 0.2) is 0 Å². The van der Waals surface area contributed by atoms with E-state index in [-0.39, 0.29) is 0 Å². The molecule has 5 heteroatoms. The maximum Gasteiger partial charge on any atom is 0.210 e. The molecule has 0 fully saturated rings. The van der Waals surface area contributed by atoms with E-state index >= 15 is 0 Å². The summed E-state index contributed by atoms with van der Waals surface area (Å²) < 4.78 is 27.5. The van der Waals surface area contributed by atoms with Crippen LogP contribution in [0.1, 0.15) is 20.1 Å². The van der Waals surface area contributed by atoms with Gasteiger partial charge < -0.3 is 0 Å². The third-order valence-electron chi connectivity index (χ3n) is 2.21. The maximum atomic E-state index is 13.5. The molecule has 0 saturated carbocycles. The number of hydrogen-bond acceptors (Lipinski definition) is 2. The number of thiophene rings is 1. The average molecular weight is 317 g/mol. The van der Waals surface area contributed by atoms with Gasteiger partial charge in [0.2, 0.25) is 5.78 Å². The third kappa shape index (κ3) is 2.30. The summed E-state index contributed by atoms with van der Waals surface area (Å²) in [6.07, 6.45) is 0. The highest BCUT2D eigenvalue weighted by atomic mass is 79.9. The zero-order chi connectivity index (χ0) is 12.6. The molecule has 1 aromatic carbocycles. The molecule has 0 aliphatic rings. The van der Waals surface area contributed by atoms with Gasteiger partial charge in [-0.1, -0.05) is 6.07 Å². The van der Waals surface area contributed by atoms with Crippen molar-refractivity contribution >= 4 is 33.0 Å².